The zero-order valence-electron chi connectivity index (χ0n) is 12.3. The number of benzene rings is 1. The lowest BCUT2D eigenvalue weighted by Gasteiger charge is -2.29. The Morgan fingerprint density at radius 1 is 1.15 bits per heavy atom. The Balaban J connectivity index is 2.09. The molecule has 108 valence electrons. The van der Waals surface area contributed by atoms with E-state index in [0.717, 1.165) is 25.1 Å². The molecule has 1 atom stereocenters. The Morgan fingerprint density at radius 3 is 2.55 bits per heavy atom. The van der Waals surface area contributed by atoms with Crippen LogP contribution in [0.4, 0.5) is 0 Å². The van der Waals surface area contributed by atoms with Crippen molar-refractivity contribution in [2.75, 3.05) is 6.61 Å². The zero-order chi connectivity index (χ0) is 14.4. The van der Waals surface area contributed by atoms with Crippen molar-refractivity contribution in [1.82, 2.24) is 9.88 Å². The Labute approximate surface area is 121 Å². The first kappa shape index (κ1) is 14.8. The van der Waals surface area contributed by atoms with Crippen LogP contribution in [0.25, 0.3) is 0 Å². The topological polar surface area (TPSA) is 37.2 Å². The molecule has 1 heterocycles. The number of nitrogens with zero attached hydrogens (tertiary/aromatic N) is 1. The standard InChI is InChI=1S/C17H24N2O/c1-3-11-19-12-7-10-16(19)13-18-17(2,14-20)15-8-5-4-6-9-15/h4-10,12,18,20H,3,11,13-14H2,1-2H3. The molecule has 0 aliphatic heterocycles. The molecule has 3 heteroatoms. The highest BCUT2D eigenvalue weighted by Crippen LogP contribution is 2.20. The fourth-order valence-electron chi connectivity index (χ4n) is 2.41. The first-order chi connectivity index (χ1) is 9.69. The zero-order valence-corrected chi connectivity index (χ0v) is 12.3. The summed E-state index contributed by atoms with van der Waals surface area (Å²) < 4.78 is 2.26. The maximum Gasteiger partial charge on any atom is 0.0652 e. The molecule has 2 N–H and O–H groups in total. The largest absolute Gasteiger partial charge is 0.394 e. The monoisotopic (exact) mass is 272 g/mol. The predicted molar refractivity (Wildman–Crippen MR) is 82.4 cm³/mol. The van der Waals surface area contributed by atoms with E-state index in [2.05, 4.69) is 35.1 Å². The summed E-state index contributed by atoms with van der Waals surface area (Å²) in [6.45, 7) is 6.07. The second-order valence-electron chi connectivity index (χ2n) is 5.40. The number of hydrogen-bond donors (Lipinski definition) is 2. The number of aliphatic hydroxyl groups excluding tert-OH is 1. The first-order valence-electron chi connectivity index (χ1n) is 7.25. The summed E-state index contributed by atoms with van der Waals surface area (Å²) in [4.78, 5) is 0. The fraction of sp³-hybridized carbons (Fsp3) is 0.412. The summed E-state index contributed by atoms with van der Waals surface area (Å²) in [6.07, 6.45) is 3.23. The second-order valence-corrected chi connectivity index (χ2v) is 5.40. The minimum absolute atomic E-state index is 0.0749. The van der Waals surface area contributed by atoms with E-state index >= 15 is 0 Å². The van der Waals surface area contributed by atoms with Crippen LogP contribution in [0.15, 0.2) is 48.7 Å². The highest BCUT2D eigenvalue weighted by Gasteiger charge is 2.25. The summed E-state index contributed by atoms with van der Waals surface area (Å²) in [5.41, 5.74) is 1.95. The molecule has 0 fully saturated rings. The van der Waals surface area contributed by atoms with Crippen LogP contribution >= 0.6 is 0 Å². The van der Waals surface area contributed by atoms with Crippen molar-refractivity contribution in [3.8, 4) is 0 Å². The van der Waals surface area contributed by atoms with E-state index in [-0.39, 0.29) is 6.61 Å². The van der Waals surface area contributed by atoms with Gasteiger partial charge in [-0.3, -0.25) is 0 Å². The molecule has 1 aromatic carbocycles. The van der Waals surface area contributed by atoms with Gasteiger partial charge in [-0.25, -0.2) is 0 Å². The Hall–Kier alpha value is -1.58. The highest BCUT2D eigenvalue weighted by molar-refractivity contribution is 5.24. The van der Waals surface area contributed by atoms with Crippen LogP contribution in [-0.4, -0.2) is 16.3 Å². The molecule has 0 radical (unpaired) electrons. The van der Waals surface area contributed by atoms with Crippen LogP contribution in [0.2, 0.25) is 0 Å². The molecular weight excluding hydrogens is 248 g/mol. The Morgan fingerprint density at radius 2 is 1.90 bits per heavy atom. The van der Waals surface area contributed by atoms with Crippen molar-refractivity contribution in [2.45, 2.75) is 38.9 Å². The number of nitrogens with one attached hydrogen (secondary N) is 1. The van der Waals surface area contributed by atoms with Gasteiger partial charge in [0.2, 0.25) is 0 Å². The van der Waals surface area contributed by atoms with Gasteiger partial charge in [0.25, 0.3) is 0 Å². The molecule has 0 saturated heterocycles. The third kappa shape index (κ3) is 3.30. The fourth-order valence-corrected chi connectivity index (χ4v) is 2.41. The molecular formula is C17H24N2O. The summed E-state index contributed by atoms with van der Waals surface area (Å²) in [6, 6.07) is 14.3. The van der Waals surface area contributed by atoms with Crippen molar-refractivity contribution >= 4 is 0 Å². The molecule has 1 unspecified atom stereocenters. The van der Waals surface area contributed by atoms with Crippen LogP contribution in [0.5, 0.6) is 0 Å². The Kier molecular flexibility index (Phi) is 4.99. The van der Waals surface area contributed by atoms with Gasteiger partial charge in [0.1, 0.15) is 0 Å². The van der Waals surface area contributed by atoms with E-state index in [1.54, 1.807) is 0 Å². The van der Waals surface area contributed by atoms with Crippen molar-refractivity contribution in [3.63, 3.8) is 0 Å². The molecule has 0 aliphatic rings. The van der Waals surface area contributed by atoms with Crippen molar-refractivity contribution in [2.24, 2.45) is 0 Å². The van der Waals surface area contributed by atoms with Crippen LogP contribution in [0.3, 0.4) is 0 Å². The number of hydrogen-bond acceptors (Lipinski definition) is 2. The number of aromatic nitrogens is 1. The van der Waals surface area contributed by atoms with Gasteiger partial charge in [-0.2, -0.15) is 0 Å². The lowest BCUT2D eigenvalue weighted by molar-refractivity contribution is 0.172. The molecule has 0 bridgehead atoms. The molecule has 2 rings (SSSR count). The normalized spacial score (nSPS) is 14.2. The molecule has 0 aliphatic carbocycles. The van der Waals surface area contributed by atoms with E-state index in [4.69, 9.17) is 0 Å². The summed E-state index contributed by atoms with van der Waals surface area (Å²) in [7, 11) is 0. The van der Waals surface area contributed by atoms with Crippen LogP contribution in [0, 0.1) is 0 Å². The average molecular weight is 272 g/mol. The third-order valence-corrected chi connectivity index (χ3v) is 3.77. The SMILES string of the molecule is CCCn1cccc1CNC(C)(CO)c1ccccc1. The highest BCUT2D eigenvalue weighted by atomic mass is 16.3. The second kappa shape index (κ2) is 6.73. The number of rotatable bonds is 7. The van der Waals surface area contributed by atoms with Crippen molar-refractivity contribution in [3.05, 3.63) is 59.9 Å². The quantitative estimate of drug-likeness (QED) is 0.813. The van der Waals surface area contributed by atoms with E-state index in [1.807, 2.05) is 37.3 Å². The van der Waals surface area contributed by atoms with Crippen LogP contribution in [-0.2, 0) is 18.6 Å². The molecule has 1 aromatic heterocycles. The smallest absolute Gasteiger partial charge is 0.0652 e. The summed E-state index contributed by atoms with van der Waals surface area (Å²) in [5.74, 6) is 0. The van der Waals surface area contributed by atoms with Gasteiger partial charge in [-0.05, 0) is 31.0 Å². The molecule has 2 aromatic rings. The summed E-state index contributed by atoms with van der Waals surface area (Å²) >= 11 is 0. The number of aliphatic hydroxyl groups is 1. The minimum atomic E-state index is -0.414. The maximum absolute atomic E-state index is 9.77. The van der Waals surface area contributed by atoms with E-state index in [9.17, 15) is 5.11 Å². The molecule has 20 heavy (non-hydrogen) atoms. The van der Waals surface area contributed by atoms with Crippen LogP contribution < -0.4 is 5.32 Å². The molecule has 0 amide bonds. The van der Waals surface area contributed by atoms with E-state index < -0.39 is 5.54 Å². The van der Waals surface area contributed by atoms with E-state index in [1.165, 1.54) is 5.69 Å². The third-order valence-electron chi connectivity index (χ3n) is 3.77. The maximum atomic E-state index is 9.77. The first-order valence-corrected chi connectivity index (χ1v) is 7.25. The van der Waals surface area contributed by atoms with Gasteiger partial charge in [-0.15, -0.1) is 0 Å². The lowest BCUT2D eigenvalue weighted by Crippen LogP contribution is -2.42. The van der Waals surface area contributed by atoms with Crippen molar-refractivity contribution < 1.29 is 5.11 Å². The van der Waals surface area contributed by atoms with Gasteiger partial charge in [0, 0.05) is 25.0 Å². The van der Waals surface area contributed by atoms with Gasteiger partial charge in [0.15, 0.2) is 0 Å². The number of aryl methyl sites for hydroxylation is 1. The van der Waals surface area contributed by atoms with Crippen molar-refractivity contribution in [1.29, 1.82) is 0 Å². The van der Waals surface area contributed by atoms with E-state index in [0.29, 0.717) is 0 Å². The van der Waals surface area contributed by atoms with Gasteiger partial charge in [-0.1, -0.05) is 37.3 Å². The van der Waals surface area contributed by atoms with Gasteiger partial charge >= 0.3 is 0 Å². The molecule has 0 saturated carbocycles. The molecule has 3 nitrogen and oxygen atoms in total. The van der Waals surface area contributed by atoms with Gasteiger partial charge in [0.05, 0.1) is 12.1 Å². The lowest BCUT2D eigenvalue weighted by atomic mass is 9.93. The summed E-state index contributed by atoms with van der Waals surface area (Å²) in [5, 5.41) is 13.3. The Bertz CT molecular complexity index is 521. The van der Waals surface area contributed by atoms with Crippen LogP contribution in [0.1, 0.15) is 31.5 Å². The molecule has 0 spiro atoms. The minimum Gasteiger partial charge on any atom is -0.394 e. The average Bonchev–Trinajstić information content (AvgIpc) is 2.93. The van der Waals surface area contributed by atoms with Gasteiger partial charge < -0.3 is 15.0 Å². The predicted octanol–water partition coefficient (Wildman–Crippen LogP) is 2.90.